The molecule has 0 unspecified atom stereocenters. The molecular formula is C18H17FN3O4+. The van der Waals surface area contributed by atoms with Gasteiger partial charge >= 0.3 is 17.2 Å². The molecule has 2 N–H and O–H groups in total. The zero-order valence-corrected chi connectivity index (χ0v) is 14.0. The highest BCUT2D eigenvalue weighted by molar-refractivity contribution is 5.90. The van der Waals surface area contributed by atoms with Crippen LogP contribution in [0.4, 0.5) is 4.39 Å². The quantitative estimate of drug-likeness (QED) is 0.652. The summed E-state index contributed by atoms with van der Waals surface area (Å²) in [4.78, 5) is 24.3. The lowest BCUT2D eigenvalue weighted by molar-refractivity contribution is -0.672. The Morgan fingerprint density at radius 2 is 1.88 bits per heavy atom. The number of H-pyrrole nitrogens is 1. The van der Waals surface area contributed by atoms with Crippen molar-refractivity contribution < 1.29 is 23.1 Å². The van der Waals surface area contributed by atoms with Gasteiger partial charge < -0.3 is 10.1 Å². The SMILES string of the molecule is COc1ccc(-[n+]2[nH]oc(=O)c2C(=O)NCCc2ccc(F)cc2)cc1. The number of nitrogens with zero attached hydrogens (tertiary/aromatic N) is 1. The summed E-state index contributed by atoms with van der Waals surface area (Å²) in [5.74, 6) is -0.244. The van der Waals surface area contributed by atoms with Crippen molar-refractivity contribution in [2.45, 2.75) is 6.42 Å². The Bertz CT molecular complexity index is 946. The second kappa shape index (κ2) is 7.64. The largest absolute Gasteiger partial charge is 0.497 e. The molecule has 1 heterocycles. The average Bonchev–Trinajstić information content (AvgIpc) is 3.05. The Hall–Kier alpha value is -3.42. The second-order valence-corrected chi connectivity index (χ2v) is 5.50. The molecule has 0 aliphatic rings. The molecule has 134 valence electrons. The minimum Gasteiger partial charge on any atom is -0.497 e. The summed E-state index contributed by atoms with van der Waals surface area (Å²) >= 11 is 0. The van der Waals surface area contributed by atoms with Crippen molar-refractivity contribution in [2.24, 2.45) is 0 Å². The van der Waals surface area contributed by atoms with Gasteiger partial charge in [0.1, 0.15) is 11.6 Å². The summed E-state index contributed by atoms with van der Waals surface area (Å²) in [6, 6.07) is 12.8. The van der Waals surface area contributed by atoms with Gasteiger partial charge in [-0.05, 0) is 46.2 Å². The van der Waals surface area contributed by atoms with E-state index < -0.39 is 11.5 Å². The van der Waals surface area contributed by atoms with Crippen LogP contribution in [0.1, 0.15) is 16.1 Å². The number of nitrogens with one attached hydrogen (secondary N) is 2. The molecule has 1 aromatic heterocycles. The molecule has 0 fully saturated rings. The smallest absolute Gasteiger partial charge is 0.441 e. The maximum atomic E-state index is 12.9. The summed E-state index contributed by atoms with van der Waals surface area (Å²) in [5.41, 5.74) is 0.463. The lowest BCUT2D eigenvalue weighted by atomic mass is 10.1. The zero-order valence-electron chi connectivity index (χ0n) is 14.0. The van der Waals surface area contributed by atoms with Crippen molar-refractivity contribution in [3.8, 4) is 11.4 Å². The molecular weight excluding hydrogens is 341 g/mol. The summed E-state index contributed by atoms with van der Waals surface area (Å²) in [5, 5.41) is 5.07. The summed E-state index contributed by atoms with van der Waals surface area (Å²) in [6.45, 7) is 0.289. The number of hydrogen-bond acceptors (Lipinski definition) is 4. The molecule has 0 atom stereocenters. The van der Waals surface area contributed by atoms with Gasteiger partial charge in [-0.1, -0.05) is 12.1 Å². The van der Waals surface area contributed by atoms with Crippen molar-refractivity contribution in [1.82, 2.24) is 10.6 Å². The van der Waals surface area contributed by atoms with E-state index in [4.69, 9.17) is 9.26 Å². The standard InChI is InChI=1S/C18H16FN3O4/c1-25-15-8-6-14(7-9-15)22-16(18(24)26-21-22)17(23)20-11-10-12-2-4-13(19)5-3-12/h2-9H,10-11H2,1H3,(H-,20,21,23,24)/p+1. The lowest BCUT2D eigenvalue weighted by Crippen LogP contribution is -2.45. The van der Waals surface area contributed by atoms with Gasteiger partial charge in [-0.25, -0.2) is 9.18 Å². The van der Waals surface area contributed by atoms with Gasteiger partial charge in [0.15, 0.2) is 0 Å². The van der Waals surface area contributed by atoms with E-state index in [9.17, 15) is 14.0 Å². The van der Waals surface area contributed by atoms with E-state index in [2.05, 4.69) is 10.6 Å². The second-order valence-electron chi connectivity index (χ2n) is 5.50. The first-order valence-corrected chi connectivity index (χ1v) is 7.89. The summed E-state index contributed by atoms with van der Waals surface area (Å²) in [6.07, 6.45) is 0.504. The van der Waals surface area contributed by atoms with E-state index in [1.165, 1.54) is 16.8 Å². The Balaban J connectivity index is 1.71. The van der Waals surface area contributed by atoms with Crippen molar-refractivity contribution in [2.75, 3.05) is 13.7 Å². The van der Waals surface area contributed by atoms with Crippen LogP contribution in [0.25, 0.3) is 5.69 Å². The first-order valence-electron chi connectivity index (χ1n) is 7.89. The molecule has 0 bridgehead atoms. The monoisotopic (exact) mass is 358 g/mol. The number of benzene rings is 2. The minimum absolute atomic E-state index is 0.172. The molecule has 0 radical (unpaired) electrons. The van der Waals surface area contributed by atoms with Gasteiger partial charge in [0.2, 0.25) is 5.69 Å². The number of aromatic nitrogens is 2. The first-order chi connectivity index (χ1) is 12.6. The van der Waals surface area contributed by atoms with Crippen LogP contribution in [-0.4, -0.2) is 24.8 Å². The molecule has 1 amide bonds. The number of methoxy groups -OCH3 is 1. The van der Waals surface area contributed by atoms with Crippen LogP contribution >= 0.6 is 0 Å². The average molecular weight is 358 g/mol. The number of aromatic amines is 1. The van der Waals surface area contributed by atoms with Crippen molar-refractivity contribution in [3.63, 3.8) is 0 Å². The molecule has 8 heteroatoms. The van der Waals surface area contributed by atoms with Gasteiger partial charge in [0, 0.05) is 18.7 Å². The number of halogens is 1. The van der Waals surface area contributed by atoms with Gasteiger partial charge in [-0.15, -0.1) is 0 Å². The number of rotatable bonds is 6. The number of ether oxygens (including phenoxy) is 1. The van der Waals surface area contributed by atoms with Crippen LogP contribution < -0.4 is 20.4 Å². The lowest BCUT2D eigenvalue weighted by Gasteiger charge is -2.02. The Kier molecular flexibility index (Phi) is 5.12. The summed E-state index contributed by atoms with van der Waals surface area (Å²) < 4.78 is 24.0. The van der Waals surface area contributed by atoms with E-state index in [1.807, 2.05) is 0 Å². The third-order valence-corrected chi connectivity index (χ3v) is 3.80. The predicted molar refractivity (Wildman–Crippen MR) is 89.8 cm³/mol. The van der Waals surface area contributed by atoms with Gasteiger partial charge in [0.25, 0.3) is 0 Å². The zero-order chi connectivity index (χ0) is 18.5. The third kappa shape index (κ3) is 3.80. The van der Waals surface area contributed by atoms with Crippen LogP contribution in [0.3, 0.4) is 0 Å². The Morgan fingerprint density at radius 1 is 1.19 bits per heavy atom. The number of hydrogen-bond donors (Lipinski definition) is 2. The van der Waals surface area contributed by atoms with Crippen LogP contribution in [0.15, 0.2) is 57.8 Å². The van der Waals surface area contributed by atoms with Crippen molar-refractivity contribution >= 4 is 5.91 Å². The highest BCUT2D eigenvalue weighted by Crippen LogP contribution is 2.11. The van der Waals surface area contributed by atoms with Gasteiger partial charge in [0.05, 0.1) is 7.11 Å². The van der Waals surface area contributed by atoms with E-state index in [0.717, 1.165) is 5.56 Å². The number of carbonyl (C=O) groups excluding carboxylic acids is 1. The van der Waals surface area contributed by atoms with Crippen molar-refractivity contribution in [1.29, 1.82) is 0 Å². The predicted octanol–water partition coefficient (Wildman–Crippen LogP) is 1.36. The topological polar surface area (TPSA) is 88.2 Å². The fourth-order valence-corrected chi connectivity index (χ4v) is 2.43. The van der Waals surface area contributed by atoms with E-state index in [0.29, 0.717) is 17.9 Å². The molecule has 7 nitrogen and oxygen atoms in total. The van der Waals surface area contributed by atoms with Gasteiger partial charge in [-0.3, -0.25) is 9.32 Å². The van der Waals surface area contributed by atoms with Gasteiger partial charge in [-0.2, -0.15) is 0 Å². The summed E-state index contributed by atoms with van der Waals surface area (Å²) in [7, 11) is 1.54. The Morgan fingerprint density at radius 3 is 2.54 bits per heavy atom. The maximum Gasteiger partial charge on any atom is 0.441 e. The van der Waals surface area contributed by atoms with Crippen LogP contribution in [0, 0.1) is 5.82 Å². The minimum atomic E-state index is -0.778. The molecule has 3 aromatic rings. The van der Waals surface area contributed by atoms with Crippen molar-refractivity contribution in [3.05, 3.63) is 76.0 Å². The molecule has 0 saturated heterocycles. The molecule has 0 saturated carbocycles. The Labute approximate surface area is 148 Å². The fourth-order valence-electron chi connectivity index (χ4n) is 2.43. The fraction of sp³-hybridized carbons (Fsp3) is 0.167. The molecule has 0 spiro atoms. The van der Waals surface area contributed by atoms with E-state index in [1.54, 1.807) is 43.5 Å². The molecule has 0 aliphatic heterocycles. The highest BCUT2D eigenvalue weighted by Gasteiger charge is 2.30. The highest BCUT2D eigenvalue weighted by atomic mass is 19.1. The van der Waals surface area contributed by atoms with E-state index >= 15 is 0 Å². The molecule has 2 aromatic carbocycles. The molecule has 3 rings (SSSR count). The van der Waals surface area contributed by atoms with Crippen LogP contribution in [0.5, 0.6) is 5.75 Å². The van der Waals surface area contributed by atoms with Crippen LogP contribution in [-0.2, 0) is 6.42 Å². The number of carbonyl (C=O) groups is 1. The van der Waals surface area contributed by atoms with Crippen LogP contribution in [0.2, 0.25) is 0 Å². The maximum absolute atomic E-state index is 12.9. The third-order valence-electron chi connectivity index (χ3n) is 3.80. The normalized spacial score (nSPS) is 10.5. The molecule has 26 heavy (non-hydrogen) atoms. The first kappa shape index (κ1) is 17.4. The number of amides is 1. The van der Waals surface area contributed by atoms with E-state index in [-0.39, 0.29) is 18.1 Å². The molecule has 0 aliphatic carbocycles.